The maximum atomic E-state index is 11.8. The first-order chi connectivity index (χ1) is 6.99. The zero-order chi connectivity index (χ0) is 11.3. The Morgan fingerprint density at radius 1 is 1.20 bits per heavy atom. The van der Waals surface area contributed by atoms with Crippen LogP contribution >= 0.6 is 0 Å². The smallest absolute Gasteiger partial charge is 0.387 e. The van der Waals surface area contributed by atoms with Gasteiger partial charge in [0.05, 0.1) is 12.3 Å². The Hall–Kier alpha value is -0.740. The van der Waals surface area contributed by atoms with Crippen LogP contribution in [0.5, 0.6) is 0 Å². The van der Waals surface area contributed by atoms with Crippen molar-refractivity contribution in [3.63, 3.8) is 0 Å². The van der Waals surface area contributed by atoms with Crippen molar-refractivity contribution in [3.8, 4) is 0 Å². The second kappa shape index (κ2) is 5.37. The Morgan fingerprint density at radius 2 is 1.80 bits per heavy atom. The molecule has 1 fully saturated rings. The molecule has 0 spiro atoms. The number of aliphatic imine (C=N–C) groups is 1. The van der Waals surface area contributed by atoms with Crippen LogP contribution in [0.1, 0.15) is 38.5 Å². The maximum absolute atomic E-state index is 11.8. The van der Waals surface area contributed by atoms with Crippen LogP contribution in [0.25, 0.3) is 0 Å². The highest BCUT2D eigenvalue weighted by Gasteiger charge is 2.26. The number of halogens is 3. The number of hydrogen-bond donors (Lipinski definition) is 1. The van der Waals surface area contributed by atoms with Crippen LogP contribution in [0, 0.1) is 5.92 Å². The highest BCUT2D eigenvalue weighted by Crippen LogP contribution is 2.24. The third-order valence-electron chi connectivity index (χ3n) is 2.71. The molecule has 0 heterocycles. The second-order valence-electron chi connectivity index (χ2n) is 4.01. The summed E-state index contributed by atoms with van der Waals surface area (Å²) < 4.78 is 35.5. The Morgan fingerprint density at radius 3 is 2.33 bits per heavy atom. The lowest BCUT2D eigenvalue weighted by Crippen LogP contribution is -2.26. The van der Waals surface area contributed by atoms with Gasteiger partial charge in [-0.2, -0.15) is 13.2 Å². The minimum Gasteiger partial charge on any atom is -0.387 e. The highest BCUT2D eigenvalue weighted by atomic mass is 19.4. The lowest BCUT2D eigenvalue weighted by atomic mass is 9.88. The van der Waals surface area contributed by atoms with Gasteiger partial charge in [-0.3, -0.25) is 4.99 Å². The molecule has 1 aliphatic carbocycles. The van der Waals surface area contributed by atoms with Crippen molar-refractivity contribution in [2.24, 2.45) is 16.6 Å². The number of nitrogens with two attached hydrogens (primary N) is 1. The fourth-order valence-corrected chi connectivity index (χ4v) is 1.84. The summed E-state index contributed by atoms with van der Waals surface area (Å²) in [6.07, 6.45) is 0.367. The summed E-state index contributed by atoms with van der Waals surface area (Å²) in [5.74, 6) is 0.630. The fourth-order valence-electron chi connectivity index (χ4n) is 1.84. The Labute approximate surface area is 87.7 Å². The minimum atomic E-state index is -4.13. The normalized spacial score (nSPS) is 20.6. The fraction of sp³-hybridized carbons (Fsp3) is 0.900. The zero-order valence-corrected chi connectivity index (χ0v) is 8.69. The first kappa shape index (κ1) is 12.3. The lowest BCUT2D eigenvalue weighted by molar-refractivity contribution is -0.132. The predicted octanol–water partition coefficient (Wildman–Crippen LogP) is 2.88. The molecule has 0 aromatic rings. The van der Waals surface area contributed by atoms with Crippen LogP contribution in [0.4, 0.5) is 13.2 Å². The molecule has 2 N–H and O–H groups in total. The van der Waals surface area contributed by atoms with E-state index in [0.717, 1.165) is 25.7 Å². The van der Waals surface area contributed by atoms with Gasteiger partial charge in [-0.15, -0.1) is 0 Å². The van der Waals surface area contributed by atoms with E-state index in [1.807, 2.05) is 0 Å². The molecule has 0 atom stereocenters. The van der Waals surface area contributed by atoms with Gasteiger partial charge in [0, 0.05) is 12.5 Å². The standard InChI is InChI=1S/C10H17F3N2/c11-10(12,13)6-7-15-9(14)8-4-2-1-3-5-8/h8H,1-7H2,(H2,14,15). The molecule has 0 radical (unpaired) electrons. The molecule has 1 saturated carbocycles. The first-order valence-corrected chi connectivity index (χ1v) is 5.35. The summed E-state index contributed by atoms with van der Waals surface area (Å²) in [5, 5.41) is 0. The molecule has 0 saturated heterocycles. The van der Waals surface area contributed by atoms with Crippen molar-refractivity contribution < 1.29 is 13.2 Å². The van der Waals surface area contributed by atoms with Gasteiger partial charge in [-0.1, -0.05) is 19.3 Å². The zero-order valence-electron chi connectivity index (χ0n) is 8.69. The van der Waals surface area contributed by atoms with Crippen molar-refractivity contribution in [2.45, 2.75) is 44.7 Å². The van der Waals surface area contributed by atoms with E-state index >= 15 is 0 Å². The summed E-state index contributed by atoms with van der Waals surface area (Å²) in [6.45, 7) is -0.230. The summed E-state index contributed by atoms with van der Waals surface area (Å²) in [6, 6.07) is 0. The Balaban J connectivity index is 2.31. The quantitative estimate of drug-likeness (QED) is 0.578. The summed E-state index contributed by atoms with van der Waals surface area (Å²) in [4.78, 5) is 3.81. The van der Waals surface area contributed by atoms with Crippen molar-refractivity contribution in [3.05, 3.63) is 0 Å². The van der Waals surface area contributed by atoms with Gasteiger partial charge in [0.1, 0.15) is 0 Å². The largest absolute Gasteiger partial charge is 0.390 e. The molecule has 2 nitrogen and oxygen atoms in total. The van der Waals surface area contributed by atoms with Crippen molar-refractivity contribution in [1.29, 1.82) is 0 Å². The minimum absolute atomic E-state index is 0.215. The molecule has 1 rings (SSSR count). The summed E-state index contributed by atoms with van der Waals surface area (Å²) >= 11 is 0. The number of rotatable bonds is 3. The molecule has 5 heteroatoms. The van der Waals surface area contributed by atoms with Crippen molar-refractivity contribution in [1.82, 2.24) is 0 Å². The third kappa shape index (κ3) is 5.04. The molecule has 0 bridgehead atoms. The van der Waals surface area contributed by atoms with Gasteiger partial charge in [0.25, 0.3) is 0 Å². The van der Waals surface area contributed by atoms with Crippen LogP contribution in [0.15, 0.2) is 4.99 Å². The van der Waals surface area contributed by atoms with E-state index in [4.69, 9.17) is 5.73 Å². The van der Waals surface area contributed by atoms with Crippen molar-refractivity contribution in [2.75, 3.05) is 6.54 Å². The summed E-state index contributed by atoms with van der Waals surface area (Å²) in [7, 11) is 0. The molecular weight excluding hydrogens is 205 g/mol. The average Bonchev–Trinajstić information content (AvgIpc) is 2.17. The van der Waals surface area contributed by atoms with Crippen molar-refractivity contribution >= 4 is 5.84 Å². The van der Waals surface area contributed by atoms with E-state index in [1.54, 1.807) is 0 Å². The molecule has 0 unspecified atom stereocenters. The molecule has 88 valence electrons. The van der Waals surface area contributed by atoms with Crippen LogP contribution in [0.2, 0.25) is 0 Å². The lowest BCUT2D eigenvalue weighted by Gasteiger charge is -2.20. The van der Waals surface area contributed by atoms with E-state index in [2.05, 4.69) is 4.99 Å². The molecular formula is C10H17F3N2. The predicted molar refractivity (Wildman–Crippen MR) is 53.7 cm³/mol. The highest BCUT2D eigenvalue weighted by molar-refractivity contribution is 5.82. The van der Waals surface area contributed by atoms with Crippen LogP contribution in [0.3, 0.4) is 0 Å². The number of amidine groups is 1. The third-order valence-corrected chi connectivity index (χ3v) is 2.71. The van der Waals surface area contributed by atoms with Gasteiger partial charge in [-0.25, -0.2) is 0 Å². The van der Waals surface area contributed by atoms with Gasteiger partial charge in [0.2, 0.25) is 0 Å². The molecule has 1 aliphatic rings. The Bertz CT molecular complexity index is 217. The van der Waals surface area contributed by atoms with Crippen LogP contribution in [-0.4, -0.2) is 18.6 Å². The number of alkyl halides is 3. The molecule has 0 amide bonds. The van der Waals surface area contributed by atoms with Crippen LogP contribution in [-0.2, 0) is 0 Å². The second-order valence-corrected chi connectivity index (χ2v) is 4.01. The van der Waals surface area contributed by atoms with Crippen LogP contribution < -0.4 is 5.73 Å². The van der Waals surface area contributed by atoms with Gasteiger partial charge in [0.15, 0.2) is 0 Å². The Kier molecular flexibility index (Phi) is 4.42. The SMILES string of the molecule is NC(=NCCC(F)(F)F)C1CCCCC1. The topological polar surface area (TPSA) is 38.4 Å². The molecule has 0 aliphatic heterocycles. The van der Waals surface area contributed by atoms with E-state index in [1.165, 1.54) is 6.42 Å². The molecule has 15 heavy (non-hydrogen) atoms. The number of hydrogen-bond acceptors (Lipinski definition) is 1. The molecule has 0 aromatic heterocycles. The van der Waals surface area contributed by atoms with E-state index in [0.29, 0.717) is 5.84 Å². The monoisotopic (exact) mass is 222 g/mol. The van der Waals surface area contributed by atoms with Gasteiger partial charge in [-0.05, 0) is 12.8 Å². The van der Waals surface area contributed by atoms with E-state index < -0.39 is 12.6 Å². The molecule has 0 aromatic carbocycles. The number of nitrogens with zero attached hydrogens (tertiary/aromatic N) is 1. The average molecular weight is 222 g/mol. The maximum Gasteiger partial charge on any atom is 0.390 e. The van der Waals surface area contributed by atoms with E-state index in [9.17, 15) is 13.2 Å². The summed E-state index contributed by atoms with van der Waals surface area (Å²) in [5.41, 5.74) is 5.66. The van der Waals surface area contributed by atoms with E-state index in [-0.39, 0.29) is 12.5 Å². The van der Waals surface area contributed by atoms with Gasteiger partial charge < -0.3 is 5.73 Å². The van der Waals surface area contributed by atoms with Gasteiger partial charge >= 0.3 is 6.18 Å². The first-order valence-electron chi connectivity index (χ1n) is 5.35.